The third-order valence-electron chi connectivity index (χ3n) is 5.18. The van der Waals surface area contributed by atoms with Crippen LogP contribution in [0, 0.1) is 6.92 Å². The Kier molecular flexibility index (Phi) is 6.71. The number of morpholine rings is 1. The monoisotopic (exact) mass is 429 g/mol. The molecule has 10 nitrogen and oxygen atoms in total. The largest absolute Gasteiger partial charge is 0.394 e. The van der Waals surface area contributed by atoms with Crippen molar-refractivity contribution in [2.24, 2.45) is 7.05 Å². The van der Waals surface area contributed by atoms with Gasteiger partial charge in [0.25, 0.3) is 5.91 Å². The summed E-state index contributed by atoms with van der Waals surface area (Å²) in [6, 6.07) is 7.98. The molecule has 2 N–H and O–H groups in total. The van der Waals surface area contributed by atoms with E-state index < -0.39 is 12.1 Å². The lowest BCUT2D eigenvalue weighted by Gasteiger charge is -2.40. The van der Waals surface area contributed by atoms with Crippen LogP contribution in [0.5, 0.6) is 0 Å². The summed E-state index contributed by atoms with van der Waals surface area (Å²) >= 11 is 0. The molecule has 0 spiro atoms. The van der Waals surface area contributed by atoms with Crippen LogP contribution in [0.2, 0.25) is 0 Å². The molecule has 1 aliphatic heterocycles. The van der Waals surface area contributed by atoms with E-state index in [-0.39, 0.29) is 37.5 Å². The Balaban J connectivity index is 1.74. The number of amides is 3. The fourth-order valence-corrected chi connectivity index (χ4v) is 3.48. The van der Waals surface area contributed by atoms with Gasteiger partial charge in [-0.1, -0.05) is 12.1 Å². The molecule has 0 bridgehead atoms. The third-order valence-corrected chi connectivity index (χ3v) is 5.18. The summed E-state index contributed by atoms with van der Waals surface area (Å²) in [7, 11) is 4.92. The molecule has 1 aromatic carbocycles. The van der Waals surface area contributed by atoms with Gasteiger partial charge in [-0.3, -0.25) is 19.1 Å². The van der Waals surface area contributed by atoms with Crippen molar-refractivity contribution in [3.8, 4) is 0 Å². The Morgan fingerprint density at radius 1 is 1.29 bits per heavy atom. The number of aryl methyl sites for hydroxylation is 2. The molecule has 2 atom stereocenters. The van der Waals surface area contributed by atoms with Crippen molar-refractivity contribution in [2.75, 3.05) is 39.2 Å². The topological polar surface area (TPSA) is 117 Å². The van der Waals surface area contributed by atoms with Gasteiger partial charge < -0.3 is 25.0 Å². The van der Waals surface area contributed by atoms with Gasteiger partial charge in [0.1, 0.15) is 24.9 Å². The predicted molar refractivity (Wildman–Crippen MR) is 112 cm³/mol. The first-order valence-corrected chi connectivity index (χ1v) is 9.85. The van der Waals surface area contributed by atoms with Gasteiger partial charge in [0.15, 0.2) is 0 Å². The maximum absolute atomic E-state index is 12.5. The van der Waals surface area contributed by atoms with Crippen molar-refractivity contribution >= 4 is 23.4 Å². The minimum atomic E-state index is -0.692. The number of aliphatic hydroxyl groups is 1. The summed E-state index contributed by atoms with van der Waals surface area (Å²) in [4.78, 5) is 39.6. The highest BCUT2D eigenvalue weighted by molar-refractivity contribution is 6.03. The van der Waals surface area contributed by atoms with Gasteiger partial charge in [0.2, 0.25) is 11.8 Å². The molecule has 3 rings (SSSR count). The van der Waals surface area contributed by atoms with Crippen molar-refractivity contribution in [1.29, 1.82) is 0 Å². The highest BCUT2D eigenvalue weighted by atomic mass is 16.5. The van der Waals surface area contributed by atoms with E-state index in [9.17, 15) is 19.5 Å². The van der Waals surface area contributed by atoms with Crippen LogP contribution >= 0.6 is 0 Å². The van der Waals surface area contributed by atoms with Crippen molar-refractivity contribution in [3.63, 3.8) is 0 Å². The number of anilines is 1. The number of ether oxygens (including phenoxy) is 1. The molecule has 10 heteroatoms. The Morgan fingerprint density at radius 3 is 2.52 bits per heavy atom. The predicted octanol–water partition coefficient (Wildman–Crippen LogP) is 0.330. The van der Waals surface area contributed by atoms with Crippen LogP contribution in [-0.2, 0) is 21.4 Å². The molecular weight excluding hydrogens is 402 g/mol. The fourth-order valence-electron chi connectivity index (χ4n) is 3.48. The van der Waals surface area contributed by atoms with Crippen LogP contribution in [-0.4, -0.2) is 82.3 Å². The third kappa shape index (κ3) is 4.92. The van der Waals surface area contributed by atoms with Gasteiger partial charge in [-0.25, -0.2) is 0 Å². The molecule has 0 saturated carbocycles. The molecule has 0 aliphatic carbocycles. The van der Waals surface area contributed by atoms with Crippen LogP contribution < -0.4 is 5.32 Å². The lowest BCUT2D eigenvalue weighted by molar-refractivity contribution is -0.164. The maximum Gasteiger partial charge on any atom is 0.273 e. The molecule has 3 amide bonds. The minimum absolute atomic E-state index is 0.130. The number of aliphatic hydroxyl groups excluding tert-OH is 1. The van der Waals surface area contributed by atoms with E-state index in [1.165, 1.54) is 14.5 Å². The summed E-state index contributed by atoms with van der Waals surface area (Å²) in [5, 5.41) is 16.9. The number of rotatable bonds is 6. The molecule has 0 unspecified atom stereocenters. The number of aromatic nitrogens is 2. The Labute approximate surface area is 180 Å². The molecule has 2 heterocycles. The number of hydrogen-bond donors (Lipinski definition) is 2. The molecular formula is C21H27N5O5. The van der Waals surface area contributed by atoms with Gasteiger partial charge >= 0.3 is 0 Å². The van der Waals surface area contributed by atoms with Crippen molar-refractivity contribution in [1.82, 2.24) is 19.6 Å². The summed E-state index contributed by atoms with van der Waals surface area (Å²) in [6.07, 6.45) is -0.595. The first-order valence-electron chi connectivity index (χ1n) is 9.85. The van der Waals surface area contributed by atoms with E-state index in [4.69, 9.17) is 4.74 Å². The second-order valence-corrected chi connectivity index (χ2v) is 7.66. The molecule has 1 saturated heterocycles. The summed E-state index contributed by atoms with van der Waals surface area (Å²) < 4.78 is 7.20. The number of hydrogen-bond acceptors (Lipinski definition) is 6. The van der Waals surface area contributed by atoms with E-state index >= 15 is 0 Å². The SMILES string of the molecule is Cc1cc(C(=O)Nc2ccc([C@H]3OCC(=O)N(CC(=O)N(C)C)[C@@H]3CO)cc2)n(C)n1. The van der Waals surface area contributed by atoms with Crippen LogP contribution in [0.4, 0.5) is 5.69 Å². The molecule has 1 fully saturated rings. The second-order valence-electron chi connectivity index (χ2n) is 7.66. The number of nitrogens with zero attached hydrogens (tertiary/aromatic N) is 4. The van der Waals surface area contributed by atoms with Crippen LogP contribution in [0.15, 0.2) is 30.3 Å². The quantitative estimate of drug-likeness (QED) is 0.684. The smallest absolute Gasteiger partial charge is 0.273 e. The van der Waals surface area contributed by atoms with Crippen LogP contribution in [0.3, 0.4) is 0 Å². The van der Waals surface area contributed by atoms with E-state index in [1.807, 2.05) is 6.92 Å². The average Bonchev–Trinajstić information content (AvgIpc) is 3.08. The first kappa shape index (κ1) is 22.4. The average molecular weight is 429 g/mol. The number of nitrogens with one attached hydrogen (secondary N) is 1. The van der Waals surface area contributed by atoms with Crippen molar-refractivity contribution < 1.29 is 24.2 Å². The lowest BCUT2D eigenvalue weighted by Crippen LogP contribution is -2.55. The maximum atomic E-state index is 12.5. The van der Waals surface area contributed by atoms with Crippen molar-refractivity contribution in [2.45, 2.75) is 19.1 Å². The van der Waals surface area contributed by atoms with Gasteiger partial charge in [-0.15, -0.1) is 0 Å². The summed E-state index contributed by atoms with van der Waals surface area (Å²) in [5.41, 5.74) is 2.50. The zero-order chi connectivity index (χ0) is 22.7. The van der Waals surface area contributed by atoms with Crippen LogP contribution in [0.1, 0.15) is 27.8 Å². The van der Waals surface area contributed by atoms with Crippen LogP contribution in [0.25, 0.3) is 0 Å². The normalized spacial score (nSPS) is 18.7. The molecule has 2 aromatic rings. The summed E-state index contributed by atoms with van der Waals surface area (Å²) in [6.45, 7) is 1.15. The highest BCUT2D eigenvalue weighted by Gasteiger charge is 2.38. The van der Waals surface area contributed by atoms with Gasteiger partial charge in [0.05, 0.1) is 18.3 Å². The number of likely N-dealkylation sites (N-methyl/N-ethyl adjacent to an activating group) is 1. The molecule has 1 aliphatic rings. The number of benzene rings is 1. The fraction of sp³-hybridized carbons (Fsp3) is 0.429. The van der Waals surface area contributed by atoms with E-state index in [2.05, 4.69) is 10.4 Å². The summed E-state index contributed by atoms with van der Waals surface area (Å²) in [5.74, 6) is -0.867. The highest BCUT2D eigenvalue weighted by Crippen LogP contribution is 2.30. The zero-order valence-corrected chi connectivity index (χ0v) is 18.0. The Bertz CT molecular complexity index is 969. The second kappa shape index (κ2) is 9.27. The van der Waals surface area contributed by atoms with E-state index in [0.29, 0.717) is 11.4 Å². The number of carbonyl (C=O) groups excluding carboxylic acids is 3. The minimum Gasteiger partial charge on any atom is -0.394 e. The van der Waals surface area contributed by atoms with Crippen molar-refractivity contribution in [3.05, 3.63) is 47.3 Å². The van der Waals surface area contributed by atoms with Gasteiger partial charge in [0, 0.05) is 26.8 Å². The molecule has 1 aromatic heterocycles. The van der Waals surface area contributed by atoms with Gasteiger partial charge in [-0.2, -0.15) is 5.10 Å². The molecule has 31 heavy (non-hydrogen) atoms. The van der Waals surface area contributed by atoms with Gasteiger partial charge in [-0.05, 0) is 30.7 Å². The zero-order valence-electron chi connectivity index (χ0n) is 18.0. The Morgan fingerprint density at radius 2 is 1.97 bits per heavy atom. The standard InChI is InChI=1S/C21H27N5O5/c1-13-9-16(25(4)23-13)21(30)22-15-7-5-14(6-8-15)20-17(11-27)26(19(29)12-31-20)10-18(28)24(2)3/h5-9,17,20,27H,10-12H2,1-4H3,(H,22,30)/t17-,20-/m1/s1. The lowest BCUT2D eigenvalue weighted by atomic mass is 9.99. The number of carbonyl (C=O) groups is 3. The molecule has 166 valence electrons. The molecule has 0 radical (unpaired) electrons. The first-order chi connectivity index (χ1) is 14.7. The Hall–Kier alpha value is -3.24. The van der Waals surface area contributed by atoms with E-state index in [1.54, 1.807) is 51.5 Å². The van der Waals surface area contributed by atoms with E-state index in [0.717, 1.165) is 11.3 Å².